The summed E-state index contributed by atoms with van der Waals surface area (Å²) in [5, 5.41) is 1.11. The van der Waals surface area contributed by atoms with Crippen LogP contribution in [0.2, 0.25) is 0 Å². The van der Waals surface area contributed by atoms with Crippen molar-refractivity contribution in [2.45, 2.75) is 12.8 Å². The van der Waals surface area contributed by atoms with Crippen molar-refractivity contribution in [2.24, 2.45) is 5.84 Å². The molecule has 0 aliphatic heterocycles. The minimum atomic E-state index is -0.231. The van der Waals surface area contributed by atoms with Crippen LogP contribution in [0, 0.1) is 0 Å². The summed E-state index contributed by atoms with van der Waals surface area (Å²) in [6.45, 7) is 1.83. The Morgan fingerprint density at radius 1 is 1.40 bits per heavy atom. The highest BCUT2D eigenvalue weighted by molar-refractivity contribution is 5.82. The summed E-state index contributed by atoms with van der Waals surface area (Å²) in [5.74, 6) is 5.83. The molecule has 0 fully saturated rings. The first kappa shape index (κ1) is 11.5. The lowest BCUT2D eigenvalue weighted by Crippen LogP contribution is -2.36. The van der Waals surface area contributed by atoms with Crippen LogP contribution in [0.3, 0.4) is 0 Å². The van der Waals surface area contributed by atoms with Gasteiger partial charge in [-0.25, -0.2) is 5.84 Å². The van der Waals surface area contributed by atoms with E-state index >= 15 is 0 Å². The van der Waals surface area contributed by atoms with E-state index in [-0.39, 0.29) is 11.8 Å². The second kappa shape index (κ2) is 4.79. The third kappa shape index (κ3) is 2.70. The third-order valence-corrected chi connectivity index (χ3v) is 2.33. The van der Waals surface area contributed by atoms with Crippen LogP contribution in [0.1, 0.15) is 18.4 Å². The molecule has 0 radical (unpaired) electrons. The number of benzene rings is 1. The number of hydrogen-bond acceptors (Lipinski definition) is 3. The lowest BCUT2D eigenvalue weighted by Gasteiger charge is -2.16. The van der Waals surface area contributed by atoms with Crippen molar-refractivity contribution < 1.29 is 9.53 Å². The summed E-state index contributed by atoms with van der Waals surface area (Å²) in [6, 6.07) is 7.39. The fraction of sp³-hybridized carbons (Fsp3) is 0.364. The molecule has 2 N–H and O–H groups in total. The molecule has 0 aliphatic carbocycles. The molecule has 1 amide bonds. The van der Waals surface area contributed by atoms with Gasteiger partial charge in [-0.3, -0.25) is 9.80 Å². The Bertz CT molecular complexity index is 333. The molecule has 0 spiro atoms. The fourth-order valence-corrected chi connectivity index (χ4v) is 1.34. The Labute approximate surface area is 89.6 Å². The van der Waals surface area contributed by atoms with Crippen LogP contribution in [0.4, 0.5) is 0 Å². The number of nitrogens with two attached hydrogens (primary N) is 1. The smallest absolute Gasteiger partial charge is 0.243 e. The third-order valence-electron chi connectivity index (χ3n) is 2.33. The van der Waals surface area contributed by atoms with E-state index in [9.17, 15) is 4.79 Å². The average molecular weight is 208 g/mol. The molecule has 4 nitrogen and oxygen atoms in total. The first-order chi connectivity index (χ1) is 7.06. The molecule has 1 rings (SSSR count). The van der Waals surface area contributed by atoms with E-state index < -0.39 is 0 Å². The van der Waals surface area contributed by atoms with Gasteiger partial charge >= 0.3 is 0 Å². The second-order valence-electron chi connectivity index (χ2n) is 3.44. The van der Waals surface area contributed by atoms with Crippen LogP contribution < -0.4 is 10.6 Å². The van der Waals surface area contributed by atoms with E-state index in [1.165, 1.54) is 0 Å². The zero-order chi connectivity index (χ0) is 11.4. The summed E-state index contributed by atoms with van der Waals surface area (Å²) in [7, 11) is 3.15. The van der Waals surface area contributed by atoms with Crippen molar-refractivity contribution in [3.63, 3.8) is 0 Å². The molecule has 0 heterocycles. The number of carbonyl (C=O) groups is 1. The number of methoxy groups -OCH3 is 1. The topological polar surface area (TPSA) is 55.6 Å². The van der Waals surface area contributed by atoms with Crippen LogP contribution in [0.5, 0.6) is 5.75 Å². The van der Waals surface area contributed by atoms with Crippen molar-refractivity contribution in [3.8, 4) is 5.75 Å². The Balaban J connectivity index is 2.82. The molecule has 1 aromatic rings. The van der Waals surface area contributed by atoms with Crippen molar-refractivity contribution in [3.05, 3.63) is 29.8 Å². The second-order valence-corrected chi connectivity index (χ2v) is 3.44. The minimum Gasteiger partial charge on any atom is -0.497 e. The number of hydrogen-bond donors (Lipinski definition) is 1. The van der Waals surface area contributed by atoms with Crippen molar-refractivity contribution in [2.75, 3.05) is 14.2 Å². The predicted octanol–water partition coefficient (Wildman–Crippen LogP) is 1.13. The Morgan fingerprint density at radius 3 is 2.33 bits per heavy atom. The highest BCUT2D eigenvalue weighted by Crippen LogP contribution is 2.19. The van der Waals surface area contributed by atoms with E-state index in [0.29, 0.717) is 0 Å². The highest BCUT2D eigenvalue weighted by Gasteiger charge is 2.17. The van der Waals surface area contributed by atoms with Crippen molar-refractivity contribution >= 4 is 5.91 Å². The summed E-state index contributed by atoms with van der Waals surface area (Å²) in [6.07, 6.45) is 0. The maximum atomic E-state index is 11.6. The number of likely N-dealkylation sites (N-methyl/N-ethyl adjacent to an activating group) is 1. The van der Waals surface area contributed by atoms with Gasteiger partial charge < -0.3 is 4.74 Å². The zero-order valence-electron chi connectivity index (χ0n) is 9.23. The van der Waals surface area contributed by atoms with E-state index in [2.05, 4.69) is 0 Å². The summed E-state index contributed by atoms with van der Waals surface area (Å²) in [5.41, 5.74) is 0.929. The molecule has 15 heavy (non-hydrogen) atoms. The monoisotopic (exact) mass is 208 g/mol. The molecule has 1 aromatic carbocycles. The van der Waals surface area contributed by atoms with Gasteiger partial charge in [0.15, 0.2) is 0 Å². The van der Waals surface area contributed by atoms with Gasteiger partial charge in [-0.2, -0.15) is 0 Å². The number of carbonyl (C=O) groups excluding carboxylic acids is 1. The maximum Gasteiger partial charge on any atom is 0.243 e. The SMILES string of the molecule is COc1ccc(C(C)C(=O)N(C)N)cc1. The van der Waals surface area contributed by atoms with Crippen LogP contribution in [-0.4, -0.2) is 25.1 Å². The first-order valence-electron chi connectivity index (χ1n) is 4.72. The lowest BCUT2D eigenvalue weighted by atomic mass is 10.0. The van der Waals surface area contributed by atoms with Crippen molar-refractivity contribution in [1.82, 2.24) is 5.01 Å². The van der Waals surface area contributed by atoms with E-state index in [1.54, 1.807) is 14.2 Å². The Morgan fingerprint density at radius 2 is 1.93 bits per heavy atom. The molecule has 1 unspecified atom stereocenters. The first-order valence-corrected chi connectivity index (χ1v) is 4.72. The van der Waals surface area contributed by atoms with Crippen molar-refractivity contribution in [1.29, 1.82) is 0 Å². The van der Waals surface area contributed by atoms with Gasteiger partial charge in [0.05, 0.1) is 13.0 Å². The molecular weight excluding hydrogens is 192 g/mol. The summed E-state index contributed by atoms with van der Waals surface area (Å²) >= 11 is 0. The average Bonchev–Trinajstić information content (AvgIpc) is 2.27. The number of amides is 1. The van der Waals surface area contributed by atoms with Crippen LogP contribution in [0.15, 0.2) is 24.3 Å². The van der Waals surface area contributed by atoms with Gasteiger partial charge in [0, 0.05) is 7.05 Å². The number of ether oxygens (including phenoxy) is 1. The molecule has 0 saturated heterocycles. The van der Waals surface area contributed by atoms with E-state index in [4.69, 9.17) is 10.6 Å². The number of rotatable bonds is 3. The standard InChI is InChI=1S/C11H16N2O2/c1-8(11(14)13(2)12)9-4-6-10(15-3)7-5-9/h4-8H,12H2,1-3H3. The summed E-state index contributed by atoms with van der Waals surface area (Å²) < 4.78 is 5.04. The van der Waals surface area contributed by atoms with Gasteiger partial charge in [-0.05, 0) is 24.6 Å². The molecule has 0 aliphatic rings. The lowest BCUT2D eigenvalue weighted by molar-refractivity contribution is -0.131. The van der Waals surface area contributed by atoms with Crippen LogP contribution in [-0.2, 0) is 4.79 Å². The fourth-order valence-electron chi connectivity index (χ4n) is 1.34. The predicted molar refractivity (Wildman–Crippen MR) is 58.4 cm³/mol. The molecule has 0 aromatic heterocycles. The molecule has 82 valence electrons. The quantitative estimate of drug-likeness (QED) is 0.460. The van der Waals surface area contributed by atoms with Gasteiger partial charge in [0.1, 0.15) is 5.75 Å². The largest absolute Gasteiger partial charge is 0.497 e. The minimum absolute atomic E-state index is 0.111. The Kier molecular flexibility index (Phi) is 3.68. The molecule has 4 heteroatoms. The van der Waals surface area contributed by atoms with Gasteiger partial charge in [0.25, 0.3) is 0 Å². The molecule has 0 bridgehead atoms. The Hall–Kier alpha value is -1.55. The van der Waals surface area contributed by atoms with Gasteiger partial charge in [-0.1, -0.05) is 12.1 Å². The van der Waals surface area contributed by atoms with Crippen LogP contribution in [0.25, 0.3) is 0 Å². The normalized spacial score (nSPS) is 12.0. The van der Waals surface area contributed by atoms with E-state index in [0.717, 1.165) is 16.3 Å². The highest BCUT2D eigenvalue weighted by atomic mass is 16.5. The van der Waals surface area contributed by atoms with E-state index in [1.807, 2.05) is 31.2 Å². The number of nitrogens with zero attached hydrogens (tertiary/aromatic N) is 1. The van der Waals surface area contributed by atoms with Crippen LogP contribution >= 0.6 is 0 Å². The van der Waals surface area contributed by atoms with Gasteiger partial charge in [0.2, 0.25) is 5.91 Å². The maximum absolute atomic E-state index is 11.6. The summed E-state index contributed by atoms with van der Waals surface area (Å²) in [4.78, 5) is 11.6. The van der Waals surface area contributed by atoms with Gasteiger partial charge in [-0.15, -0.1) is 0 Å². The zero-order valence-corrected chi connectivity index (χ0v) is 9.23. The molecule has 0 saturated carbocycles. The number of hydrazine groups is 1. The molecule has 1 atom stereocenters. The molecular formula is C11H16N2O2.